The van der Waals surface area contributed by atoms with Gasteiger partial charge in [0.25, 0.3) is 11.6 Å². The Hall–Kier alpha value is -3.55. The van der Waals surface area contributed by atoms with Crippen molar-refractivity contribution in [2.24, 2.45) is 5.10 Å². The standard InChI is InChI=1S/C16H13N5O3/c1-11-15(20-9-5-4-8-14(20)18-11)16(22)19-17-10-12-6-2-3-7-13(12)21(23)24/h2-10H,1H3,(H,19,22). The van der Waals surface area contributed by atoms with Gasteiger partial charge in [-0.05, 0) is 25.1 Å². The van der Waals surface area contributed by atoms with Gasteiger partial charge in [0.05, 0.1) is 22.4 Å². The maximum Gasteiger partial charge on any atom is 0.290 e. The van der Waals surface area contributed by atoms with Crippen LogP contribution in [0, 0.1) is 17.0 Å². The number of carbonyl (C=O) groups excluding carboxylic acids is 1. The minimum Gasteiger partial charge on any atom is -0.295 e. The van der Waals surface area contributed by atoms with Gasteiger partial charge < -0.3 is 0 Å². The number of aryl methyl sites for hydroxylation is 1. The molecule has 0 spiro atoms. The summed E-state index contributed by atoms with van der Waals surface area (Å²) in [5, 5.41) is 14.8. The average molecular weight is 323 g/mol. The van der Waals surface area contributed by atoms with E-state index < -0.39 is 10.8 Å². The lowest BCUT2D eigenvalue weighted by atomic mass is 10.2. The number of rotatable bonds is 4. The second-order valence-corrected chi connectivity index (χ2v) is 4.99. The molecular formula is C16H13N5O3. The highest BCUT2D eigenvalue weighted by molar-refractivity contribution is 5.95. The second-order valence-electron chi connectivity index (χ2n) is 4.99. The Balaban J connectivity index is 1.83. The normalized spacial score (nSPS) is 11.0. The molecule has 0 aliphatic heterocycles. The number of hydrogen-bond donors (Lipinski definition) is 1. The van der Waals surface area contributed by atoms with Gasteiger partial charge in [-0.15, -0.1) is 0 Å². The quantitative estimate of drug-likeness (QED) is 0.452. The van der Waals surface area contributed by atoms with Crippen LogP contribution in [0.3, 0.4) is 0 Å². The molecule has 0 aliphatic rings. The Bertz CT molecular complexity index is 961. The molecule has 8 heteroatoms. The van der Waals surface area contributed by atoms with Crippen LogP contribution in [-0.4, -0.2) is 26.4 Å². The van der Waals surface area contributed by atoms with Crippen molar-refractivity contribution in [2.45, 2.75) is 6.92 Å². The third-order valence-corrected chi connectivity index (χ3v) is 3.42. The number of amides is 1. The fourth-order valence-electron chi connectivity index (χ4n) is 2.36. The fourth-order valence-corrected chi connectivity index (χ4v) is 2.36. The molecular weight excluding hydrogens is 310 g/mol. The van der Waals surface area contributed by atoms with E-state index in [2.05, 4.69) is 15.5 Å². The van der Waals surface area contributed by atoms with E-state index in [1.54, 1.807) is 47.9 Å². The van der Waals surface area contributed by atoms with Crippen LogP contribution < -0.4 is 5.43 Å². The molecule has 2 heterocycles. The summed E-state index contributed by atoms with van der Waals surface area (Å²) in [6.45, 7) is 1.73. The zero-order chi connectivity index (χ0) is 17.1. The van der Waals surface area contributed by atoms with Crippen LogP contribution in [0.1, 0.15) is 21.7 Å². The lowest BCUT2D eigenvalue weighted by Crippen LogP contribution is -2.20. The van der Waals surface area contributed by atoms with Gasteiger partial charge in [0.15, 0.2) is 0 Å². The molecule has 3 rings (SSSR count). The van der Waals surface area contributed by atoms with Crippen molar-refractivity contribution in [3.8, 4) is 0 Å². The smallest absolute Gasteiger partial charge is 0.290 e. The average Bonchev–Trinajstić information content (AvgIpc) is 2.90. The summed E-state index contributed by atoms with van der Waals surface area (Å²) in [4.78, 5) is 27.1. The van der Waals surface area contributed by atoms with E-state index >= 15 is 0 Å². The summed E-state index contributed by atoms with van der Waals surface area (Å²) in [6, 6.07) is 11.6. The van der Waals surface area contributed by atoms with Crippen LogP contribution in [0.15, 0.2) is 53.8 Å². The lowest BCUT2D eigenvalue weighted by molar-refractivity contribution is -0.385. The molecule has 0 atom stereocenters. The molecule has 0 fully saturated rings. The highest BCUT2D eigenvalue weighted by Gasteiger charge is 2.16. The number of para-hydroxylation sites is 1. The minimum absolute atomic E-state index is 0.0820. The zero-order valence-electron chi connectivity index (χ0n) is 12.7. The van der Waals surface area contributed by atoms with E-state index in [1.165, 1.54) is 12.3 Å². The summed E-state index contributed by atoms with van der Waals surface area (Å²) in [5.74, 6) is -0.443. The predicted molar refractivity (Wildman–Crippen MR) is 88.1 cm³/mol. The fraction of sp³-hybridized carbons (Fsp3) is 0.0625. The van der Waals surface area contributed by atoms with Crippen LogP contribution in [0.25, 0.3) is 5.65 Å². The molecule has 120 valence electrons. The van der Waals surface area contributed by atoms with Crippen molar-refractivity contribution >= 4 is 23.5 Å². The number of benzene rings is 1. The molecule has 0 radical (unpaired) electrons. The number of nitrogens with one attached hydrogen (secondary N) is 1. The molecule has 24 heavy (non-hydrogen) atoms. The largest absolute Gasteiger partial charge is 0.295 e. The van der Waals surface area contributed by atoms with E-state index in [1.807, 2.05) is 6.07 Å². The third kappa shape index (κ3) is 2.84. The maximum atomic E-state index is 12.3. The van der Waals surface area contributed by atoms with E-state index in [0.29, 0.717) is 22.6 Å². The van der Waals surface area contributed by atoms with Crippen molar-refractivity contribution in [3.05, 3.63) is 75.7 Å². The third-order valence-electron chi connectivity index (χ3n) is 3.42. The van der Waals surface area contributed by atoms with Crippen molar-refractivity contribution in [1.82, 2.24) is 14.8 Å². The summed E-state index contributed by atoms with van der Waals surface area (Å²) in [5.41, 5.74) is 4.19. The molecule has 8 nitrogen and oxygen atoms in total. The Kier molecular flexibility index (Phi) is 4.02. The van der Waals surface area contributed by atoms with Crippen molar-refractivity contribution in [3.63, 3.8) is 0 Å². The number of pyridine rings is 1. The Morgan fingerprint density at radius 2 is 2.04 bits per heavy atom. The number of imidazole rings is 1. The van der Waals surface area contributed by atoms with Gasteiger partial charge >= 0.3 is 0 Å². The van der Waals surface area contributed by atoms with Crippen LogP contribution in [0.2, 0.25) is 0 Å². The number of nitro groups is 1. The highest BCUT2D eigenvalue weighted by atomic mass is 16.6. The summed E-state index contributed by atoms with van der Waals surface area (Å²) < 4.78 is 1.66. The van der Waals surface area contributed by atoms with E-state index in [-0.39, 0.29) is 5.69 Å². The van der Waals surface area contributed by atoms with Gasteiger partial charge in [0, 0.05) is 12.3 Å². The van der Waals surface area contributed by atoms with Gasteiger partial charge in [-0.3, -0.25) is 19.3 Å². The van der Waals surface area contributed by atoms with Crippen LogP contribution in [0.5, 0.6) is 0 Å². The molecule has 0 bridgehead atoms. The lowest BCUT2D eigenvalue weighted by Gasteiger charge is -2.01. The van der Waals surface area contributed by atoms with Crippen LogP contribution >= 0.6 is 0 Å². The summed E-state index contributed by atoms with van der Waals surface area (Å²) in [7, 11) is 0. The van der Waals surface area contributed by atoms with Crippen LogP contribution in [0.4, 0.5) is 5.69 Å². The van der Waals surface area contributed by atoms with Gasteiger partial charge in [0.2, 0.25) is 0 Å². The number of nitro benzene ring substituents is 1. The summed E-state index contributed by atoms with van der Waals surface area (Å²) >= 11 is 0. The van der Waals surface area contributed by atoms with E-state index in [0.717, 1.165) is 0 Å². The van der Waals surface area contributed by atoms with E-state index in [9.17, 15) is 14.9 Å². The molecule has 1 aromatic carbocycles. The molecule has 2 aromatic heterocycles. The molecule has 0 aliphatic carbocycles. The first kappa shape index (κ1) is 15.3. The maximum absolute atomic E-state index is 12.3. The van der Waals surface area contributed by atoms with Gasteiger partial charge in [-0.1, -0.05) is 18.2 Å². The molecule has 0 saturated heterocycles. The Morgan fingerprint density at radius 1 is 1.29 bits per heavy atom. The highest BCUT2D eigenvalue weighted by Crippen LogP contribution is 2.15. The van der Waals surface area contributed by atoms with Crippen LogP contribution in [-0.2, 0) is 0 Å². The Morgan fingerprint density at radius 3 is 2.83 bits per heavy atom. The number of hydrazone groups is 1. The number of carbonyl (C=O) groups is 1. The Labute approximate surface area is 136 Å². The number of aromatic nitrogens is 2. The molecule has 1 amide bonds. The van der Waals surface area contributed by atoms with Crippen molar-refractivity contribution in [1.29, 1.82) is 0 Å². The van der Waals surface area contributed by atoms with Crippen molar-refractivity contribution < 1.29 is 9.72 Å². The predicted octanol–water partition coefficient (Wildman–Crippen LogP) is 2.31. The molecule has 0 saturated carbocycles. The van der Waals surface area contributed by atoms with Gasteiger partial charge in [-0.25, -0.2) is 10.4 Å². The monoisotopic (exact) mass is 323 g/mol. The first-order chi connectivity index (χ1) is 11.6. The first-order valence-corrected chi connectivity index (χ1v) is 7.08. The van der Waals surface area contributed by atoms with Gasteiger partial charge in [-0.2, -0.15) is 5.10 Å². The zero-order valence-corrected chi connectivity index (χ0v) is 12.7. The summed E-state index contributed by atoms with van der Waals surface area (Å²) in [6.07, 6.45) is 2.98. The van der Waals surface area contributed by atoms with E-state index in [4.69, 9.17) is 0 Å². The van der Waals surface area contributed by atoms with Crippen molar-refractivity contribution in [2.75, 3.05) is 0 Å². The number of nitrogens with zero attached hydrogens (tertiary/aromatic N) is 4. The topological polar surface area (TPSA) is 102 Å². The molecule has 3 aromatic rings. The number of fused-ring (bicyclic) bond motifs is 1. The number of hydrogen-bond acceptors (Lipinski definition) is 5. The SMILES string of the molecule is Cc1nc2ccccn2c1C(=O)NN=Cc1ccccc1[N+](=O)[O-]. The minimum atomic E-state index is -0.502. The first-order valence-electron chi connectivity index (χ1n) is 7.08. The van der Waals surface area contributed by atoms with Gasteiger partial charge in [0.1, 0.15) is 11.3 Å². The molecule has 1 N–H and O–H groups in total. The molecule has 0 unspecified atom stereocenters. The second kappa shape index (κ2) is 6.29.